The third-order valence-electron chi connectivity index (χ3n) is 3.24. The van der Waals surface area contributed by atoms with Crippen LogP contribution in [0.4, 0.5) is 5.69 Å². The van der Waals surface area contributed by atoms with Crippen molar-refractivity contribution >= 4 is 29.7 Å². The molecule has 0 amide bonds. The summed E-state index contributed by atoms with van der Waals surface area (Å²) < 4.78 is 5.39. The van der Waals surface area contributed by atoms with Gasteiger partial charge in [0.1, 0.15) is 5.75 Å². The topological polar surface area (TPSA) is 15.7 Å². The van der Waals surface area contributed by atoms with Gasteiger partial charge in [0.15, 0.2) is 0 Å². The van der Waals surface area contributed by atoms with Crippen LogP contribution in [0.15, 0.2) is 24.3 Å². The molecule has 1 fully saturated rings. The molecule has 0 spiro atoms. The van der Waals surface area contributed by atoms with E-state index in [1.807, 2.05) is 19.1 Å². The van der Waals surface area contributed by atoms with Crippen molar-refractivity contribution in [1.82, 2.24) is 4.90 Å². The Balaban J connectivity index is 0.00000162. The van der Waals surface area contributed by atoms with Crippen molar-refractivity contribution in [3.63, 3.8) is 0 Å². The maximum absolute atomic E-state index is 6.09. The lowest BCUT2D eigenvalue weighted by molar-refractivity contribution is 0.246. The number of halogens is 2. The maximum Gasteiger partial charge on any atom is 0.142 e. The van der Waals surface area contributed by atoms with Crippen LogP contribution in [0.5, 0.6) is 5.75 Å². The van der Waals surface area contributed by atoms with Gasteiger partial charge >= 0.3 is 0 Å². The second kappa shape index (κ2) is 7.07. The fourth-order valence-electron chi connectivity index (χ4n) is 2.21. The van der Waals surface area contributed by atoms with Gasteiger partial charge in [-0.2, -0.15) is 0 Å². The number of para-hydroxylation sites is 2. The first-order valence-electron chi connectivity index (χ1n) is 5.98. The van der Waals surface area contributed by atoms with Crippen molar-refractivity contribution in [3.05, 3.63) is 24.3 Å². The molecule has 1 aromatic carbocycles. The molecule has 0 bridgehead atoms. The van der Waals surface area contributed by atoms with Crippen molar-refractivity contribution in [1.29, 1.82) is 0 Å². The summed E-state index contributed by atoms with van der Waals surface area (Å²) in [7, 11) is 1.72. The molecule has 0 saturated carbocycles. The predicted octanol–water partition coefficient (Wildman–Crippen LogP) is 2.82. The molecule has 5 heteroatoms. The Kier molecular flexibility index (Phi) is 6.06. The molecule has 1 heterocycles. The van der Waals surface area contributed by atoms with Crippen LogP contribution >= 0.6 is 24.0 Å². The quantitative estimate of drug-likeness (QED) is 0.629. The first-order chi connectivity index (χ1) is 8.22. The minimum atomic E-state index is 0. The van der Waals surface area contributed by atoms with Crippen molar-refractivity contribution in [2.75, 3.05) is 38.2 Å². The highest BCUT2D eigenvalue weighted by molar-refractivity contribution is 6.20. The molecule has 1 atom stereocenters. The minimum absolute atomic E-state index is 0. The van der Waals surface area contributed by atoms with E-state index < -0.39 is 0 Å². The maximum atomic E-state index is 6.09. The number of anilines is 1. The van der Waals surface area contributed by atoms with Crippen molar-refractivity contribution in [2.45, 2.75) is 12.4 Å². The van der Waals surface area contributed by atoms with Crippen LogP contribution in [0.2, 0.25) is 0 Å². The molecule has 0 N–H and O–H groups in total. The lowest BCUT2D eigenvalue weighted by Gasteiger charge is -2.37. The van der Waals surface area contributed by atoms with E-state index in [2.05, 4.69) is 21.9 Å². The van der Waals surface area contributed by atoms with Crippen LogP contribution in [-0.2, 0) is 0 Å². The Labute approximate surface area is 120 Å². The molecule has 1 aliphatic heterocycles. The van der Waals surface area contributed by atoms with Crippen LogP contribution in [0.25, 0.3) is 0 Å². The van der Waals surface area contributed by atoms with Gasteiger partial charge in [0, 0.05) is 26.2 Å². The first kappa shape index (κ1) is 15.4. The summed E-state index contributed by atoms with van der Waals surface area (Å²) in [5, 5.41) is 0. The summed E-state index contributed by atoms with van der Waals surface area (Å²) in [4.78, 5) is 4.64. The van der Waals surface area contributed by atoms with Gasteiger partial charge in [-0.1, -0.05) is 12.1 Å². The van der Waals surface area contributed by atoms with Gasteiger partial charge in [0.05, 0.1) is 18.3 Å². The zero-order chi connectivity index (χ0) is 12.3. The minimum Gasteiger partial charge on any atom is -0.495 e. The number of methoxy groups -OCH3 is 1. The van der Waals surface area contributed by atoms with Gasteiger partial charge in [-0.15, -0.1) is 24.0 Å². The molecule has 18 heavy (non-hydrogen) atoms. The summed E-state index contributed by atoms with van der Waals surface area (Å²) in [5.41, 5.74) is 1.30. The van der Waals surface area contributed by atoms with E-state index >= 15 is 0 Å². The number of ether oxygens (including phenoxy) is 1. The number of rotatable bonds is 3. The molecule has 1 aromatic rings. The molecule has 1 saturated heterocycles. The van der Waals surface area contributed by atoms with E-state index in [4.69, 9.17) is 16.3 Å². The average Bonchev–Trinajstić information content (AvgIpc) is 2.39. The Hall–Kier alpha value is -0.640. The second-order valence-corrected chi connectivity index (χ2v) is 4.90. The van der Waals surface area contributed by atoms with Gasteiger partial charge < -0.3 is 9.64 Å². The Morgan fingerprint density at radius 2 is 1.78 bits per heavy atom. The molecule has 1 unspecified atom stereocenters. The Morgan fingerprint density at radius 3 is 2.33 bits per heavy atom. The number of alkyl halides is 1. The molecule has 2 rings (SSSR count). The summed E-state index contributed by atoms with van der Waals surface area (Å²) in [6.45, 7) is 6.03. The summed E-state index contributed by atoms with van der Waals surface area (Å²) in [6, 6.07) is 8.17. The molecule has 3 nitrogen and oxygen atoms in total. The molecule has 0 radical (unpaired) electrons. The van der Waals surface area contributed by atoms with Crippen LogP contribution in [0.3, 0.4) is 0 Å². The Bertz CT molecular complexity index is 366. The van der Waals surface area contributed by atoms with Crippen molar-refractivity contribution in [3.8, 4) is 5.75 Å². The summed E-state index contributed by atoms with van der Waals surface area (Å²) in [5.74, 6) is 0.944. The zero-order valence-corrected chi connectivity index (χ0v) is 12.4. The van der Waals surface area contributed by atoms with Crippen molar-refractivity contribution in [2.24, 2.45) is 0 Å². The number of hydrogen-bond donors (Lipinski definition) is 0. The molecule has 0 aromatic heterocycles. The molecule has 0 aliphatic carbocycles. The van der Waals surface area contributed by atoms with E-state index in [0.29, 0.717) is 0 Å². The SMILES string of the molecule is COc1ccccc1N1CCN(C(C)Cl)CC1.Cl. The van der Waals surface area contributed by atoms with E-state index in [1.54, 1.807) is 7.11 Å². The van der Waals surface area contributed by atoms with Crippen LogP contribution < -0.4 is 9.64 Å². The zero-order valence-electron chi connectivity index (χ0n) is 10.8. The third-order valence-corrected chi connectivity index (χ3v) is 3.52. The summed E-state index contributed by atoms with van der Waals surface area (Å²) >= 11 is 6.09. The highest BCUT2D eigenvalue weighted by atomic mass is 35.5. The van der Waals surface area contributed by atoms with Gasteiger partial charge in [-0.05, 0) is 19.1 Å². The van der Waals surface area contributed by atoms with Crippen LogP contribution in [-0.4, -0.2) is 43.7 Å². The standard InChI is InChI=1S/C13H19ClN2O.ClH/c1-11(14)15-7-9-16(10-8-15)12-5-3-4-6-13(12)17-2;/h3-6,11H,7-10H2,1-2H3;1H. The number of hydrogen-bond acceptors (Lipinski definition) is 3. The largest absolute Gasteiger partial charge is 0.495 e. The van der Waals surface area contributed by atoms with Gasteiger partial charge in [0.2, 0.25) is 0 Å². The molecule has 1 aliphatic rings. The lowest BCUT2D eigenvalue weighted by atomic mass is 10.2. The van der Waals surface area contributed by atoms with E-state index in [-0.39, 0.29) is 17.9 Å². The Morgan fingerprint density at radius 1 is 1.17 bits per heavy atom. The van der Waals surface area contributed by atoms with Crippen LogP contribution in [0, 0.1) is 0 Å². The molecular formula is C13H20Cl2N2O. The second-order valence-electron chi connectivity index (χ2n) is 4.27. The third kappa shape index (κ3) is 3.44. The van der Waals surface area contributed by atoms with E-state index in [9.17, 15) is 0 Å². The monoisotopic (exact) mass is 290 g/mol. The normalized spacial score (nSPS) is 18.1. The van der Waals surface area contributed by atoms with Gasteiger partial charge in [-0.3, -0.25) is 4.90 Å². The molecule has 102 valence electrons. The van der Waals surface area contributed by atoms with E-state index in [1.165, 1.54) is 5.69 Å². The molecular weight excluding hydrogens is 271 g/mol. The summed E-state index contributed by atoms with van der Waals surface area (Å²) in [6.07, 6.45) is 0. The number of benzene rings is 1. The average molecular weight is 291 g/mol. The fourth-order valence-corrected chi connectivity index (χ4v) is 2.40. The lowest BCUT2D eigenvalue weighted by Crippen LogP contribution is -2.48. The van der Waals surface area contributed by atoms with Crippen LogP contribution in [0.1, 0.15) is 6.92 Å². The predicted molar refractivity (Wildman–Crippen MR) is 79.3 cm³/mol. The number of nitrogens with zero attached hydrogens (tertiary/aromatic N) is 2. The van der Waals surface area contributed by atoms with Gasteiger partial charge in [0.25, 0.3) is 0 Å². The van der Waals surface area contributed by atoms with Crippen molar-refractivity contribution < 1.29 is 4.74 Å². The smallest absolute Gasteiger partial charge is 0.142 e. The highest BCUT2D eigenvalue weighted by Gasteiger charge is 2.21. The highest BCUT2D eigenvalue weighted by Crippen LogP contribution is 2.28. The first-order valence-corrected chi connectivity index (χ1v) is 6.42. The number of piperazine rings is 1. The van der Waals surface area contributed by atoms with Gasteiger partial charge in [-0.25, -0.2) is 0 Å². The fraction of sp³-hybridized carbons (Fsp3) is 0.538. The van der Waals surface area contributed by atoms with E-state index in [0.717, 1.165) is 31.9 Å².